The van der Waals surface area contributed by atoms with Gasteiger partial charge < -0.3 is 49.2 Å². The monoisotopic (exact) mass is 758 g/mol. The zero-order valence-corrected chi connectivity index (χ0v) is 29.0. The Labute approximate surface area is 275 Å². The zero-order chi connectivity index (χ0) is 33.3. The van der Waals surface area contributed by atoms with Gasteiger partial charge in [-0.25, -0.2) is 37.3 Å². The molecule has 0 aromatic heterocycles. The fourth-order valence-corrected chi connectivity index (χ4v) is 1.71. The minimum Gasteiger partial charge on any atom is -0.543 e. The summed E-state index contributed by atoms with van der Waals surface area (Å²) >= 11 is 0. The number of carboxylic acids is 2. The topological polar surface area (TPSA) is 284 Å². The maximum absolute atomic E-state index is 8.93. The van der Waals surface area contributed by atoms with Gasteiger partial charge in [-0.3, -0.25) is 0 Å². The molecule has 0 heterocycles. The van der Waals surface area contributed by atoms with Gasteiger partial charge in [-0.15, -0.1) is 20.5 Å². The molecule has 42 heavy (non-hydrogen) atoms. The molecule has 0 spiro atoms. The molecule has 2 radical (unpaired) electrons. The van der Waals surface area contributed by atoms with Crippen molar-refractivity contribution < 1.29 is 112 Å². The molecule has 0 amide bonds. The Balaban J connectivity index is -0.0000000762. The van der Waals surface area contributed by atoms with Gasteiger partial charge in [0.15, 0.2) is 0 Å². The van der Waals surface area contributed by atoms with Crippen molar-refractivity contribution in [1.29, 1.82) is 0 Å². The number of carboxylic acid groups (broad SMARTS) is 2. The normalized spacial score (nSPS) is 10.8. The minimum atomic E-state index is -4.94. The average molecular weight is 761 g/mol. The van der Waals surface area contributed by atoms with Crippen LogP contribution in [0.15, 0.2) is 0 Å². The van der Waals surface area contributed by atoms with Crippen LogP contribution in [0.4, 0.5) is 0 Å². The Morgan fingerprint density at radius 2 is 0.524 bits per heavy atom. The summed E-state index contributed by atoms with van der Waals surface area (Å²) in [4.78, 5) is 31.4. The van der Waals surface area contributed by atoms with Gasteiger partial charge in [0.25, 0.3) is 0 Å². The van der Waals surface area contributed by atoms with Crippen LogP contribution < -0.4 is 47.5 Å². The van der Waals surface area contributed by atoms with Crippen LogP contribution in [0.2, 0.25) is 0 Å². The fourth-order valence-electron chi connectivity index (χ4n) is 1.71. The molecule has 0 aromatic rings. The molecule has 22 heteroatoms. The van der Waals surface area contributed by atoms with E-state index in [0.717, 1.165) is 52.4 Å². The third-order valence-corrected chi connectivity index (χ3v) is 3.88. The Hall–Kier alpha value is -0.00104. The Kier molecular flexibility index (Phi) is 46.5. The number of aliphatic carboxylic acids is 2. The van der Waals surface area contributed by atoms with Gasteiger partial charge in [-0.05, 0) is 70.5 Å². The van der Waals surface area contributed by atoms with E-state index in [4.69, 9.17) is 57.1 Å². The zero-order valence-electron chi connectivity index (χ0n) is 25.6. The standard InChI is InChI=1S/2C9H23N3.C2H2O4.2ClHO4.2Cu/c2*1-10(2)6-8-12(5)9-7-11(3)4;3-1(4)2(5)6;2*2-1(3,4)5;;/h2*6-9H2,1-5H3;(H,3,4)(H,5,6);2*(H,2,3,4,5);;/q;;;;;2*+2/p-4. The molecular weight excluding hydrogens is 714 g/mol. The maximum Gasteiger partial charge on any atom is 2.00 e. The molecule has 0 aliphatic carbocycles. The number of carbonyl (C=O) groups excluding carboxylic acids is 2. The van der Waals surface area contributed by atoms with Crippen molar-refractivity contribution in [3.05, 3.63) is 0 Å². The van der Waals surface area contributed by atoms with Crippen LogP contribution in [-0.2, 0) is 43.7 Å². The van der Waals surface area contributed by atoms with E-state index in [1.807, 2.05) is 0 Å². The van der Waals surface area contributed by atoms with Crippen LogP contribution in [0.25, 0.3) is 0 Å². The number of rotatable bonds is 12. The van der Waals surface area contributed by atoms with Crippen LogP contribution in [0.5, 0.6) is 0 Å². The van der Waals surface area contributed by atoms with Gasteiger partial charge in [0, 0.05) is 52.4 Å². The van der Waals surface area contributed by atoms with E-state index in [1.54, 1.807) is 0 Å². The van der Waals surface area contributed by atoms with Crippen molar-refractivity contribution in [2.24, 2.45) is 0 Å². The summed E-state index contributed by atoms with van der Waals surface area (Å²) in [5.74, 6) is -4.37. The van der Waals surface area contributed by atoms with Crippen molar-refractivity contribution in [2.45, 2.75) is 0 Å². The first kappa shape index (κ1) is 57.6. The summed E-state index contributed by atoms with van der Waals surface area (Å²) in [6.07, 6.45) is 0. The molecule has 0 fully saturated rings. The second-order valence-corrected chi connectivity index (χ2v) is 10.7. The second-order valence-electron chi connectivity index (χ2n) is 9.15. The van der Waals surface area contributed by atoms with E-state index in [1.165, 1.54) is 0 Å². The van der Waals surface area contributed by atoms with E-state index < -0.39 is 32.4 Å². The van der Waals surface area contributed by atoms with Gasteiger partial charge in [0.05, 0.1) is 11.9 Å². The summed E-state index contributed by atoms with van der Waals surface area (Å²) in [7, 11) is 11.3. The molecule has 0 aromatic carbocycles. The molecule has 0 rings (SSSR count). The van der Waals surface area contributed by atoms with Crippen LogP contribution in [0.3, 0.4) is 0 Å². The quantitative estimate of drug-likeness (QED) is 0.132. The molecule has 0 aliphatic rings. The number of hydrogen-bond donors (Lipinski definition) is 0. The minimum absolute atomic E-state index is 0. The van der Waals surface area contributed by atoms with E-state index in [2.05, 4.69) is 99.9 Å². The Morgan fingerprint density at radius 3 is 0.595 bits per heavy atom. The van der Waals surface area contributed by atoms with Crippen molar-refractivity contribution in [2.75, 3.05) is 123 Å². The molecule has 0 N–H and O–H groups in total. The number of nitrogens with zero attached hydrogens (tertiary/aromatic N) is 6. The fraction of sp³-hybridized carbons (Fsp3) is 0.900. The molecule has 0 aliphatic heterocycles. The number of halogens is 2. The van der Waals surface area contributed by atoms with Gasteiger partial charge in [-0.1, -0.05) is 0 Å². The van der Waals surface area contributed by atoms with Gasteiger partial charge in [0.1, 0.15) is 0 Å². The molecule has 18 nitrogen and oxygen atoms in total. The van der Waals surface area contributed by atoms with Crippen LogP contribution in [0.1, 0.15) is 0 Å². The predicted octanol–water partition coefficient (Wildman–Crippen LogP) is -12.9. The maximum atomic E-state index is 8.93. The molecule has 0 saturated heterocycles. The SMILES string of the molecule is CN(C)CCN(C)CCN(C)C.CN(C)CCN(C)CCN(C)C.O=C([O-])C(=O)[O-].[Cu+2].[Cu+2].[O-][Cl+3]([O-])([O-])[O-].[O-][Cl+3]([O-])([O-])[O-]. The van der Waals surface area contributed by atoms with Crippen molar-refractivity contribution in [3.8, 4) is 0 Å². The van der Waals surface area contributed by atoms with E-state index in [-0.39, 0.29) is 34.1 Å². The average Bonchev–Trinajstić information content (AvgIpc) is 2.71. The van der Waals surface area contributed by atoms with Gasteiger partial charge in [-0.2, -0.15) is 0 Å². The molecule has 0 unspecified atom stereocenters. The molecule has 264 valence electrons. The molecular formula is C20H46Cl2Cu2N6O12. The number of likely N-dealkylation sites (N-methyl/N-ethyl adjacent to an activating group) is 6. The molecule has 0 atom stereocenters. The summed E-state index contributed by atoms with van der Waals surface area (Å²) in [5.41, 5.74) is 0. The van der Waals surface area contributed by atoms with E-state index >= 15 is 0 Å². The van der Waals surface area contributed by atoms with Crippen LogP contribution >= 0.6 is 0 Å². The number of carbonyl (C=O) groups is 2. The molecule has 0 bridgehead atoms. The molecule has 0 saturated carbocycles. The first-order valence-corrected chi connectivity index (χ1v) is 13.8. The number of hydrogen-bond acceptors (Lipinski definition) is 18. The smallest absolute Gasteiger partial charge is 0.543 e. The van der Waals surface area contributed by atoms with E-state index in [0.29, 0.717) is 0 Å². The first-order valence-electron chi connectivity index (χ1n) is 11.3. The largest absolute Gasteiger partial charge is 2.00 e. The van der Waals surface area contributed by atoms with Crippen LogP contribution in [0, 0.1) is 20.5 Å². The summed E-state index contributed by atoms with van der Waals surface area (Å²) in [5, 5.41) is 17.9. The summed E-state index contributed by atoms with van der Waals surface area (Å²) < 4.78 is 67.9. The third kappa shape index (κ3) is 106. The predicted molar refractivity (Wildman–Crippen MR) is 119 cm³/mol. The second kappa shape index (κ2) is 33.9. The van der Waals surface area contributed by atoms with Gasteiger partial charge in [0.2, 0.25) is 0 Å². The van der Waals surface area contributed by atoms with Crippen molar-refractivity contribution in [1.82, 2.24) is 29.4 Å². The van der Waals surface area contributed by atoms with Crippen molar-refractivity contribution in [3.63, 3.8) is 0 Å². The van der Waals surface area contributed by atoms with Crippen LogP contribution in [-0.4, -0.2) is 164 Å². The summed E-state index contributed by atoms with van der Waals surface area (Å²) in [6.45, 7) is 9.19. The first-order chi connectivity index (χ1) is 17.7. The summed E-state index contributed by atoms with van der Waals surface area (Å²) in [6, 6.07) is 0. The van der Waals surface area contributed by atoms with E-state index in [9.17, 15) is 0 Å². The Bertz CT molecular complexity index is 521. The Morgan fingerprint density at radius 1 is 0.405 bits per heavy atom. The third-order valence-electron chi connectivity index (χ3n) is 3.88. The van der Waals surface area contributed by atoms with Gasteiger partial charge >= 0.3 is 34.1 Å². The van der Waals surface area contributed by atoms with Crippen molar-refractivity contribution >= 4 is 11.9 Å².